The van der Waals surface area contributed by atoms with E-state index >= 15 is 0 Å². The third-order valence-corrected chi connectivity index (χ3v) is 3.27. The number of anilines is 1. The fourth-order valence-corrected chi connectivity index (χ4v) is 2.24. The zero-order valence-corrected chi connectivity index (χ0v) is 10.7. The van der Waals surface area contributed by atoms with Crippen LogP contribution in [0.4, 0.5) is 17.3 Å². The van der Waals surface area contributed by atoms with Gasteiger partial charge in [-0.1, -0.05) is 6.07 Å². The van der Waals surface area contributed by atoms with E-state index in [-0.39, 0.29) is 11.2 Å². The molecule has 1 aliphatic heterocycles. The van der Waals surface area contributed by atoms with E-state index in [1.165, 1.54) is 0 Å². The number of aryl methyl sites for hydroxylation is 1. The van der Waals surface area contributed by atoms with Gasteiger partial charge in [0.25, 0.3) is 5.56 Å². The fraction of sp³-hybridized carbons (Fsp3) is 0.333. The van der Waals surface area contributed by atoms with Crippen LogP contribution in [0, 0.1) is 0 Å². The smallest absolute Gasteiger partial charge is 0.350 e. The summed E-state index contributed by atoms with van der Waals surface area (Å²) >= 11 is 0. The maximum atomic E-state index is 12.1. The van der Waals surface area contributed by atoms with E-state index in [2.05, 4.69) is 10.2 Å². The molecule has 19 heavy (non-hydrogen) atoms. The Labute approximate surface area is 109 Å². The van der Waals surface area contributed by atoms with Gasteiger partial charge in [0.05, 0.1) is 18.4 Å². The lowest BCUT2D eigenvalue weighted by atomic mass is 10.4. The van der Waals surface area contributed by atoms with E-state index in [4.69, 9.17) is 5.73 Å². The molecule has 0 unspecified atom stereocenters. The van der Waals surface area contributed by atoms with Crippen LogP contribution in [0.25, 0.3) is 0 Å². The minimum absolute atomic E-state index is 0.169. The quantitative estimate of drug-likeness (QED) is 0.641. The fourth-order valence-electron chi connectivity index (χ4n) is 2.24. The van der Waals surface area contributed by atoms with Crippen LogP contribution >= 0.6 is 0 Å². The van der Waals surface area contributed by atoms with Crippen molar-refractivity contribution in [1.82, 2.24) is 9.36 Å². The second kappa shape index (κ2) is 4.34. The molecule has 2 N–H and O–H groups in total. The number of fused-ring (bicyclic) bond motifs is 1. The van der Waals surface area contributed by atoms with Crippen molar-refractivity contribution >= 4 is 17.3 Å². The van der Waals surface area contributed by atoms with Crippen molar-refractivity contribution in [3.8, 4) is 0 Å². The second-order valence-corrected chi connectivity index (χ2v) is 4.51. The molecular weight excluding hydrogens is 244 g/mol. The molecule has 0 amide bonds. The van der Waals surface area contributed by atoms with Crippen LogP contribution < -0.4 is 15.9 Å². The standard InChI is InChI=1S/C12H14N6O/c1-16-6-3-2-5-9(16)14-15-10-11(13)17-7-4-8-18(17)12(10)19/h2-3,5-6,13H,4,7-8H2,1H3/p+1. The van der Waals surface area contributed by atoms with Gasteiger partial charge in [-0.25, -0.2) is 9.25 Å². The van der Waals surface area contributed by atoms with Crippen LogP contribution in [-0.2, 0) is 20.1 Å². The molecule has 0 aliphatic carbocycles. The van der Waals surface area contributed by atoms with Crippen molar-refractivity contribution in [2.45, 2.75) is 19.5 Å². The highest BCUT2D eigenvalue weighted by molar-refractivity contribution is 5.56. The molecule has 2 aromatic rings. The van der Waals surface area contributed by atoms with Crippen LogP contribution in [0.1, 0.15) is 6.42 Å². The van der Waals surface area contributed by atoms with Crippen molar-refractivity contribution in [1.29, 1.82) is 0 Å². The Balaban J connectivity index is 2.01. The Morgan fingerprint density at radius 3 is 2.79 bits per heavy atom. The van der Waals surface area contributed by atoms with Gasteiger partial charge in [0.2, 0.25) is 5.69 Å². The Morgan fingerprint density at radius 1 is 1.26 bits per heavy atom. The molecule has 7 heteroatoms. The van der Waals surface area contributed by atoms with Crippen molar-refractivity contribution in [3.05, 3.63) is 34.7 Å². The summed E-state index contributed by atoms with van der Waals surface area (Å²) in [5.74, 6) is 1.06. The van der Waals surface area contributed by atoms with E-state index in [0.29, 0.717) is 18.2 Å². The molecule has 0 atom stereocenters. The predicted octanol–water partition coefficient (Wildman–Crippen LogP) is 0.876. The summed E-state index contributed by atoms with van der Waals surface area (Å²) in [7, 11) is 1.87. The van der Waals surface area contributed by atoms with Crippen LogP contribution in [0.15, 0.2) is 39.4 Å². The molecule has 0 saturated carbocycles. The molecule has 1 aliphatic rings. The first-order valence-corrected chi connectivity index (χ1v) is 6.14. The first-order valence-electron chi connectivity index (χ1n) is 6.14. The summed E-state index contributed by atoms with van der Waals surface area (Å²) in [6.07, 6.45) is 2.80. The zero-order chi connectivity index (χ0) is 13.4. The van der Waals surface area contributed by atoms with Gasteiger partial charge in [-0.05, 0) is 17.6 Å². The Morgan fingerprint density at radius 2 is 2.05 bits per heavy atom. The summed E-state index contributed by atoms with van der Waals surface area (Å²) in [5, 5.41) is 8.12. The normalized spacial score (nSPS) is 14.2. The molecule has 0 spiro atoms. The summed E-state index contributed by atoms with van der Waals surface area (Å²) in [6, 6.07) is 5.58. The van der Waals surface area contributed by atoms with Crippen LogP contribution in [0.2, 0.25) is 0 Å². The zero-order valence-electron chi connectivity index (χ0n) is 10.7. The predicted molar refractivity (Wildman–Crippen MR) is 69.5 cm³/mol. The van der Waals surface area contributed by atoms with Gasteiger partial charge >= 0.3 is 5.82 Å². The van der Waals surface area contributed by atoms with Gasteiger partial charge in [0.1, 0.15) is 0 Å². The van der Waals surface area contributed by atoms with E-state index in [9.17, 15) is 4.79 Å². The first-order chi connectivity index (χ1) is 9.18. The first kappa shape index (κ1) is 11.6. The van der Waals surface area contributed by atoms with Gasteiger partial charge in [-0.2, -0.15) is 0 Å². The van der Waals surface area contributed by atoms with E-state index in [1.54, 1.807) is 9.36 Å². The maximum absolute atomic E-state index is 12.1. The molecule has 2 aromatic heterocycles. The van der Waals surface area contributed by atoms with Crippen molar-refractivity contribution < 1.29 is 4.57 Å². The van der Waals surface area contributed by atoms with Gasteiger partial charge in [0, 0.05) is 19.2 Å². The van der Waals surface area contributed by atoms with Gasteiger partial charge in [-0.15, -0.1) is 0 Å². The van der Waals surface area contributed by atoms with Crippen LogP contribution in [0.3, 0.4) is 0 Å². The Bertz CT molecular complexity index is 711. The molecule has 0 fully saturated rings. The largest absolute Gasteiger partial charge is 0.382 e. The third kappa shape index (κ3) is 1.83. The lowest BCUT2D eigenvalue weighted by Crippen LogP contribution is -2.26. The highest BCUT2D eigenvalue weighted by Crippen LogP contribution is 2.23. The maximum Gasteiger partial charge on any atom is 0.350 e. The van der Waals surface area contributed by atoms with E-state index in [1.807, 2.05) is 36.0 Å². The summed E-state index contributed by atoms with van der Waals surface area (Å²) < 4.78 is 5.21. The SMILES string of the molecule is C[n+]1ccccc1/N=N/c1c(N)n2n(c1=O)CCC2. The average Bonchev–Trinajstić information content (AvgIpc) is 2.96. The molecule has 7 nitrogen and oxygen atoms in total. The summed E-state index contributed by atoms with van der Waals surface area (Å²) in [6.45, 7) is 1.45. The van der Waals surface area contributed by atoms with Crippen LogP contribution in [-0.4, -0.2) is 9.36 Å². The number of hydrogen-bond donors (Lipinski definition) is 1. The molecule has 3 rings (SSSR count). The van der Waals surface area contributed by atoms with Gasteiger partial charge in [-0.3, -0.25) is 9.48 Å². The second-order valence-electron chi connectivity index (χ2n) is 4.51. The van der Waals surface area contributed by atoms with Crippen molar-refractivity contribution in [2.75, 3.05) is 5.73 Å². The Kier molecular flexibility index (Phi) is 2.66. The minimum Gasteiger partial charge on any atom is -0.382 e. The molecule has 3 heterocycles. The monoisotopic (exact) mass is 259 g/mol. The number of nitrogen functional groups attached to an aromatic ring is 1. The number of nitrogens with two attached hydrogens (primary N) is 1. The minimum atomic E-state index is -0.169. The third-order valence-electron chi connectivity index (χ3n) is 3.27. The molecule has 98 valence electrons. The topological polar surface area (TPSA) is 81.5 Å². The van der Waals surface area contributed by atoms with E-state index < -0.39 is 0 Å². The van der Waals surface area contributed by atoms with Gasteiger partial charge in [0.15, 0.2) is 5.82 Å². The lowest BCUT2D eigenvalue weighted by Gasteiger charge is -1.98. The Hall–Kier alpha value is -2.44. The molecular formula is C12H15N6O+. The summed E-state index contributed by atoms with van der Waals surface area (Å²) in [5.41, 5.74) is 6.00. The van der Waals surface area contributed by atoms with Gasteiger partial charge < -0.3 is 5.73 Å². The van der Waals surface area contributed by atoms with E-state index in [0.717, 1.165) is 13.0 Å². The summed E-state index contributed by atoms with van der Waals surface area (Å²) in [4.78, 5) is 12.1. The number of hydrogen-bond acceptors (Lipinski definition) is 4. The average molecular weight is 259 g/mol. The highest BCUT2D eigenvalue weighted by atomic mass is 16.1. The molecule has 0 saturated heterocycles. The van der Waals surface area contributed by atoms with Crippen LogP contribution in [0.5, 0.6) is 0 Å². The molecule has 0 radical (unpaired) electrons. The number of aromatic nitrogens is 3. The van der Waals surface area contributed by atoms with Crippen molar-refractivity contribution in [3.63, 3.8) is 0 Å². The molecule has 0 bridgehead atoms. The number of rotatable bonds is 2. The lowest BCUT2D eigenvalue weighted by molar-refractivity contribution is -0.658. The van der Waals surface area contributed by atoms with Crippen molar-refractivity contribution in [2.24, 2.45) is 17.3 Å². The number of pyridine rings is 1. The molecule has 0 aromatic carbocycles. The number of nitrogens with zero attached hydrogens (tertiary/aromatic N) is 5. The number of azo groups is 1. The highest BCUT2D eigenvalue weighted by Gasteiger charge is 2.22.